The van der Waals surface area contributed by atoms with Gasteiger partial charge < -0.3 is 0 Å². The van der Waals surface area contributed by atoms with Crippen molar-refractivity contribution in [2.75, 3.05) is 0 Å². The number of hydrogen-bond donors (Lipinski definition) is 0. The van der Waals surface area contributed by atoms with Crippen molar-refractivity contribution in [1.29, 1.82) is 0 Å². The molecule has 3 heteroatoms. The Bertz CT molecular complexity index is 3140. The highest BCUT2D eigenvalue weighted by Gasteiger charge is 2.36. The minimum Gasteiger partial charge on any atom is -0.208 e. The Morgan fingerprint density at radius 1 is 0.305 bits per heavy atom. The Morgan fingerprint density at radius 3 is 1.44 bits per heavy atom. The first-order valence-corrected chi connectivity index (χ1v) is 20.3. The maximum atomic E-state index is 5.39. The third-order valence-corrected chi connectivity index (χ3v) is 12.1. The van der Waals surface area contributed by atoms with Gasteiger partial charge in [-0.2, -0.15) is 0 Å². The number of rotatable bonds is 6. The number of nitrogens with zero attached hydrogens (tertiary/aromatic N) is 3. The Labute approximate surface area is 344 Å². The van der Waals surface area contributed by atoms with Gasteiger partial charge in [-0.05, 0) is 108 Å². The Balaban J connectivity index is 1.13. The molecule has 0 bridgehead atoms. The standard InChI is InChI=1S/C56H39N3/c1-56(2)50-35-43(28-30-48(50)49-33-41-20-9-10-21-42(41)34-51(49)56)47-29-27-38-19-11-12-26-46(38)52(47)55-58-53(44-24-13-22-39(31-44)36-15-5-3-6-16-36)57-54(59-55)45-25-14-23-40(32-45)37-17-7-4-8-18-37/h3-35H,1-2H3. The van der Waals surface area contributed by atoms with Crippen molar-refractivity contribution >= 4 is 21.5 Å². The van der Waals surface area contributed by atoms with Crippen LogP contribution in [0.1, 0.15) is 25.0 Å². The van der Waals surface area contributed by atoms with Crippen LogP contribution in [0.25, 0.3) is 100 Å². The zero-order chi connectivity index (χ0) is 39.5. The van der Waals surface area contributed by atoms with Crippen LogP contribution in [0.3, 0.4) is 0 Å². The van der Waals surface area contributed by atoms with Crippen molar-refractivity contribution in [3.05, 3.63) is 211 Å². The summed E-state index contributed by atoms with van der Waals surface area (Å²) < 4.78 is 0. The molecule has 59 heavy (non-hydrogen) atoms. The monoisotopic (exact) mass is 753 g/mol. The van der Waals surface area contributed by atoms with Crippen molar-refractivity contribution in [3.63, 3.8) is 0 Å². The first-order chi connectivity index (χ1) is 29.0. The minimum atomic E-state index is -0.178. The smallest absolute Gasteiger partial charge is 0.165 e. The van der Waals surface area contributed by atoms with Crippen molar-refractivity contribution < 1.29 is 0 Å². The molecule has 0 saturated carbocycles. The average molecular weight is 754 g/mol. The van der Waals surface area contributed by atoms with Crippen molar-refractivity contribution in [2.24, 2.45) is 0 Å². The molecule has 0 radical (unpaired) electrons. The van der Waals surface area contributed by atoms with Gasteiger partial charge in [0.2, 0.25) is 0 Å². The molecule has 0 amide bonds. The van der Waals surface area contributed by atoms with Gasteiger partial charge in [-0.1, -0.05) is 184 Å². The summed E-state index contributed by atoms with van der Waals surface area (Å²) in [5.41, 5.74) is 14.7. The van der Waals surface area contributed by atoms with Crippen molar-refractivity contribution in [1.82, 2.24) is 15.0 Å². The molecule has 0 fully saturated rings. The molecule has 0 N–H and O–H groups in total. The van der Waals surface area contributed by atoms with E-state index >= 15 is 0 Å². The van der Waals surface area contributed by atoms with Crippen LogP contribution in [0, 0.1) is 0 Å². The minimum absolute atomic E-state index is 0.178. The van der Waals surface area contributed by atoms with Gasteiger partial charge in [0.15, 0.2) is 17.5 Å². The number of aromatic nitrogens is 3. The SMILES string of the molecule is CC1(C)c2cc(-c3ccc4ccccc4c3-c3nc(-c4cccc(-c5ccccc5)c4)nc(-c4cccc(-c5ccccc5)c4)n3)ccc2-c2cc3ccccc3cc21. The molecule has 1 aliphatic rings. The van der Waals surface area contributed by atoms with Crippen LogP contribution >= 0.6 is 0 Å². The molecule has 278 valence electrons. The van der Waals surface area contributed by atoms with Crippen LogP contribution in [-0.4, -0.2) is 15.0 Å². The van der Waals surface area contributed by atoms with E-state index in [4.69, 9.17) is 15.0 Å². The summed E-state index contributed by atoms with van der Waals surface area (Å²) in [7, 11) is 0. The molecule has 0 atom stereocenters. The second-order valence-electron chi connectivity index (χ2n) is 16.0. The third-order valence-electron chi connectivity index (χ3n) is 12.1. The fourth-order valence-corrected chi connectivity index (χ4v) is 9.02. The van der Waals surface area contributed by atoms with E-state index in [1.807, 2.05) is 12.1 Å². The van der Waals surface area contributed by atoms with Crippen LogP contribution in [0.4, 0.5) is 0 Å². The van der Waals surface area contributed by atoms with E-state index in [1.54, 1.807) is 0 Å². The molecular weight excluding hydrogens is 715 g/mol. The highest BCUT2D eigenvalue weighted by Crippen LogP contribution is 2.51. The van der Waals surface area contributed by atoms with Crippen LogP contribution < -0.4 is 0 Å². The lowest BCUT2D eigenvalue weighted by Crippen LogP contribution is -2.15. The lowest BCUT2D eigenvalue weighted by molar-refractivity contribution is 0.661. The van der Waals surface area contributed by atoms with Crippen LogP contribution in [-0.2, 0) is 5.41 Å². The number of fused-ring (bicyclic) bond motifs is 5. The quantitative estimate of drug-likeness (QED) is 0.170. The topological polar surface area (TPSA) is 38.7 Å². The Hall–Kier alpha value is -7.49. The molecule has 9 aromatic carbocycles. The maximum Gasteiger partial charge on any atom is 0.165 e. The first kappa shape index (κ1) is 34.7. The zero-order valence-corrected chi connectivity index (χ0v) is 32.9. The van der Waals surface area contributed by atoms with Crippen molar-refractivity contribution in [2.45, 2.75) is 19.3 Å². The van der Waals surface area contributed by atoms with Gasteiger partial charge in [0.25, 0.3) is 0 Å². The molecule has 0 aliphatic heterocycles. The predicted octanol–water partition coefficient (Wildman–Crippen LogP) is 14.5. The van der Waals surface area contributed by atoms with E-state index in [1.165, 1.54) is 33.0 Å². The van der Waals surface area contributed by atoms with E-state index < -0.39 is 0 Å². The Morgan fingerprint density at radius 2 is 0.797 bits per heavy atom. The lowest BCUT2D eigenvalue weighted by Gasteiger charge is -2.23. The predicted molar refractivity (Wildman–Crippen MR) is 245 cm³/mol. The fraction of sp³-hybridized carbons (Fsp3) is 0.0536. The summed E-state index contributed by atoms with van der Waals surface area (Å²) in [5, 5.41) is 4.76. The van der Waals surface area contributed by atoms with Crippen LogP contribution in [0.5, 0.6) is 0 Å². The second kappa shape index (κ2) is 13.9. The summed E-state index contributed by atoms with van der Waals surface area (Å²) >= 11 is 0. The summed E-state index contributed by atoms with van der Waals surface area (Å²) in [6.45, 7) is 4.71. The summed E-state index contributed by atoms with van der Waals surface area (Å²) in [5.74, 6) is 1.90. The number of benzene rings is 9. The number of hydrogen-bond acceptors (Lipinski definition) is 3. The molecular formula is C56H39N3. The van der Waals surface area contributed by atoms with Crippen LogP contribution in [0.15, 0.2) is 200 Å². The van der Waals surface area contributed by atoms with Gasteiger partial charge in [0.1, 0.15) is 0 Å². The largest absolute Gasteiger partial charge is 0.208 e. The highest BCUT2D eigenvalue weighted by atomic mass is 15.0. The summed E-state index contributed by atoms with van der Waals surface area (Å²) in [6.07, 6.45) is 0. The summed E-state index contributed by atoms with van der Waals surface area (Å²) in [4.78, 5) is 16.0. The normalized spacial score (nSPS) is 12.7. The average Bonchev–Trinajstić information content (AvgIpc) is 3.52. The van der Waals surface area contributed by atoms with Crippen LogP contribution in [0.2, 0.25) is 0 Å². The second-order valence-corrected chi connectivity index (χ2v) is 16.0. The van der Waals surface area contributed by atoms with Gasteiger partial charge >= 0.3 is 0 Å². The molecule has 1 heterocycles. The molecule has 0 unspecified atom stereocenters. The van der Waals surface area contributed by atoms with E-state index in [0.29, 0.717) is 17.5 Å². The van der Waals surface area contributed by atoms with E-state index in [9.17, 15) is 0 Å². The molecule has 10 aromatic rings. The van der Waals surface area contributed by atoms with Gasteiger partial charge in [0, 0.05) is 22.1 Å². The highest BCUT2D eigenvalue weighted by molar-refractivity contribution is 6.04. The van der Waals surface area contributed by atoms with E-state index in [2.05, 4.69) is 202 Å². The lowest BCUT2D eigenvalue weighted by atomic mass is 9.80. The third kappa shape index (κ3) is 6.02. The first-order valence-electron chi connectivity index (χ1n) is 20.3. The van der Waals surface area contributed by atoms with Gasteiger partial charge in [0.05, 0.1) is 0 Å². The van der Waals surface area contributed by atoms with Gasteiger partial charge in [-0.3, -0.25) is 0 Å². The molecule has 11 rings (SSSR count). The molecule has 0 saturated heterocycles. The molecule has 0 spiro atoms. The van der Waals surface area contributed by atoms with Gasteiger partial charge in [-0.15, -0.1) is 0 Å². The zero-order valence-electron chi connectivity index (χ0n) is 32.9. The van der Waals surface area contributed by atoms with Gasteiger partial charge in [-0.25, -0.2) is 15.0 Å². The fourth-order valence-electron chi connectivity index (χ4n) is 9.02. The van der Waals surface area contributed by atoms with E-state index in [-0.39, 0.29) is 5.41 Å². The maximum absolute atomic E-state index is 5.39. The molecule has 1 aromatic heterocycles. The van der Waals surface area contributed by atoms with Crippen molar-refractivity contribution in [3.8, 4) is 78.7 Å². The molecule has 3 nitrogen and oxygen atoms in total. The Kier molecular flexibility index (Phi) is 8.16. The van der Waals surface area contributed by atoms with E-state index in [0.717, 1.165) is 60.8 Å². The summed E-state index contributed by atoms with van der Waals surface area (Å²) in [6, 6.07) is 71.5. The molecule has 1 aliphatic carbocycles.